The van der Waals surface area contributed by atoms with Crippen LogP contribution in [-0.4, -0.2) is 10.1 Å². The number of nitrogens with one attached hydrogen (secondary N) is 1. The van der Waals surface area contributed by atoms with Crippen molar-refractivity contribution in [3.05, 3.63) is 45.3 Å². The molecule has 0 radical (unpaired) electrons. The third-order valence-corrected chi connectivity index (χ3v) is 2.88. The van der Waals surface area contributed by atoms with Crippen molar-refractivity contribution in [2.75, 3.05) is 11.1 Å². The molecule has 7 heteroatoms. The lowest BCUT2D eigenvalue weighted by Gasteiger charge is -2.08. The van der Waals surface area contributed by atoms with E-state index in [1.54, 1.807) is 6.07 Å². The Hall–Kier alpha value is -2.57. The second-order valence-corrected chi connectivity index (χ2v) is 4.18. The van der Waals surface area contributed by atoms with Gasteiger partial charge in [0, 0.05) is 24.2 Å². The predicted molar refractivity (Wildman–Crippen MR) is 70.8 cm³/mol. The van der Waals surface area contributed by atoms with Crippen LogP contribution in [0.25, 0.3) is 0 Å². The summed E-state index contributed by atoms with van der Waals surface area (Å²) in [5.41, 5.74) is 8.49. The third kappa shape index (κ3) is 2.65. The quantitative estimate of drug-likeness (QED) is 0.497. The van der Waals surface area contributed by atoms with Gasteiger partial charge in [0.15, 0.2) is 0 Å². The minimum Gasteiger partial charge on any atom is -0.397 e. The number of hydrogen-bond donors (Lipinski definition) is 2. The number of non-ortho nitro benzene ring substituents is 1. The van der Waals surface area contributed by atoms with Crippen LogP contribution in [-0.2, 0) is 6.54 Å². The number of nitro benzene ring substituents is 1. The Morgan fingerprint density at radius 1 is 1.47 bits per heavy atom. The minimum absolute atomic E-state index is 0.0274. The summed E-state index contributed by atoms with van der Waals surface area (Å²) in [6, 6.07) is 4.33. The van der Waals surface area contributed by atoms with Crippen LogP contribution in [0.5, 0.6) is 0 Å². The topological polar surface area (TPSA) is 107 Å². The Labute approximate surface area is 109 Å². The molecular weight excluding hydrogens is 248 g/mol. The summed E-state index contributed by atoms with van der Waals surface area (Å²) >= 11 is 0. The van der Waals surface area contributed by atoms with E-state index in [1.807, 2.05) is 13.8 Å². The van der Waals surface area contributed by atoms with Crippen molar-refractivity contribution in [2.45, 2.75) is 20.4 Å². The van der Waals surface area contributed by atoms with Crippen molar-refractivity contribution in [1.82, 2.24) is 5.16 Å². The summed E-state index contributed by atoms with van der Waals surface area (Å²) < 4.78 is 5.05. The van der Waals surface area contributed by atoms with Crippen LogP contribution >= 0.6 is 0 Å². The number of aryl methyl sites for hydroxylation is 2. The molecule has 0 amide bonds. The standard InChI is InChI=1S/C12H14N4O3/c1-7-10(8(2)19-15-7)6-14-12-4-3-9(16(17)18)5-11(12)13/h3-5,14H,6,13H2,1-2H3. The highest BCUT2D eigenvalue weighted by Crippen LogP contribution is 2.25. The largest absolute Gasteiger partial charge is 0.397 e. The molecular formula is C12H14N4O3. The van der Waals surface area contributed by atoms with Gasteiger partial charge in [0.05, 0.1) is 22.0 Å². The maximum atomic E-state index is 10.6. The number of hydrogen-bond acceptors (Lipinski definition) is 6. The fourth-order valence-corrected chi connectivity index (χ4v) is 1.76. The van der Waals surface area contributed by atoms with Gasteiger partial charge < -0.3 is 15.6 Å². The zero-order chi connectivity index (χ0) is 14.0. The van der Waals surface area contributed by atoms with Crippen LogP contribution in [0, 0.1) is 24.0 Å². The molecule has 2 aromatic rings. The number of nitrogen functional groups attached to an aromatic ring is 1. The molecule has 0 saturated heterocycles. The Bertz CT molecular complexity index is 602. The first-order chi connectivity index (χ1) is 8.99. The zero-order valence-corrected chi connectivity index (χ0v) is 10.6. The van der Waals surface area contributed by atoms with Crippen LogP contribution < -0.4 is 11.1 Å². The fourth-order valence-electron chi connectivity index (χ4n) is 1.76. The first-order valence-electron chi connectivity index (χ1n) is 5.68. The summed E-state index contributed by atoms with van der Waals surface area (Å²) in [7, 11) is 0. The molecule has 100 valence electrons. The molecule has 0 atom stereocenters. The highest BCUT2D eigenvalue weighted by atomic mass is 16.6. The molecule has 0 aliphatic rings. The monoisotopic (exact) mass is 262 g/mol. The summed E-state index contributed by atoms with van der Waals surface area (Å²) in [6.45, 7) is 4.19. The molecule has 0 aliphatic heterocycles. The maximum absolute atomic E-state index is 10.6. The third-order valence-electron chi connectivity index (χ3n) is 2.88. The number of aromatic nitrogens is 1. The molecule has 0 unspecified atom stereocenters. The lowest BCUT2D eigenvalue weighted by Crippen LogP contribution is -2.04. The van der Waals surface area contributed by atoms with E-state index in [-0.39, 0.29) is 5.69 Å². The molecule has 0 fully saturated rings. The molecule has 7 nitrogen and oxygen atoms in total. The zero-order valence-electron chi connectivity index (χ0n) is 10.6. The van der Waals surface area contributed by atoms with Gasteiger partial charge in [-0.1, -0.05) is 5.16 Å². The molecule has 1 aromatic carbocycles. The molecule has 0 spiro atoms. The van der Waals surface area contributed by atoms with Crippen LogP contribution in [0.15, 0.2) is 22.7 Å². The van der Waals surface area contributed by atoms with Crippen LogP contribution in [0.2, 0.25) is 0 Å². The van der Waals surface area contributed by atoms with Gasteiger partial charge in [-0.15, -0.1) is 0 Å². The smallest absolute Gasteiger partial charge is 0.271 e. The highest BCUT2D eigenvalue weighted by Gasteiger charge is 2.11. The Balaban J connectivity index is 2.14. The molecule has 2 rings (SSSR count). The number of nitrogens with two attached hydrogens (primary N) is 1. The van der Waals surface area contributed by atoms with Crippen molar-refractivity contribution >= 4 is 17.1 Å². The van der Waals surface area contributed by atoms with E-state index in [4.69, 9.17) is 10.3 Å². The second kappa shape index (κ2) is 4.97. The van der Waals surface area contributed by atoms with Gasteiger partial charge in [-0.3, -0.25) is 10.1 Å². The molecule has 0 saturated carbocycles. The fraction of sp³-hybridized carbons (Fsp3) is 0.250. The van der Waals surface area contributed by atoms with E-state index in [2.05, 4.69) is 10.5 Å². The van der Waals surface area contributed by atoms with E-state index in [0.29, 0.717) is 17.9 Å². The van der Waals surface area contributed by atoms with Crippen molar-refractivity contribution in [1.29, 1.82) is 0 Å². The number of nitrogens with zero attached hydrogens (tertiary/aromatic N) is 2. The SMILES string of the molecule is Cc1noc(C)c1CNc1ccc([N+](=O)[O-])cc1N. The summed E-state index contributed by atoms with van der Waals surface area (Å²) in [4.78, 5) is 10.1. The van der Waals surface area contributed by atoms with Gasteiger partial charge in [-0.2, -0.15) is 0 Å². The second-order valence-electron chi connectivity index (χ2n) is 4.18. The van der Waals surface area contributed by atoms with Crippen LogP contribution in [0.1, 0.15) is 17.0 Å². The first kappa shape index (κ1) is 12.9. The lowest BCUT2D eigenvalue weighted by molar-refractivity contribution is -0.384. The van der Waals surface area contributed by atoms with E-state index < -0.39 is 4.92 Å². The molecule has 0 aliphatic carbocycles. The average molecular weight is 262 g/mol. The van der Waals surface area contributed by atoms with E-state index >= 15 is 0 Å². The van der Waals surface area contributed by atoms with Gasteiger partial charge in [0.25, 0.3) is 5.69 Å². The van der Waals surface area contributed by atoms with E-state index in [0.717, 1.165) is 17.0 Å². The molecule has 1 aromatic heterocycles. The highest BCUT2D eigenvalue weighted by molar-refractivity contribution is 5.69. The van der Waals surface area contributed by atoms with Gasteiger partial charge >= 0.3 is 0 Å². The average Bonchev–Trinajstić information content (AvgIpc) is 2.68. The molecule has 1 heterocycles. The van der Waals surface area contributed by atoms with Gasteiger partial charge in [0.1, 0.15) is 5.76 Å². The van der Waals surface area contributed by atoms with E-state index in [1.165, 1.54) is 12.1 Å². The normalized spacial score (nSPS) is 10.4. The van der Waals surface area contributed by atoms with Crippen molar-refractivity contribution in [3.8, 4) is 0 Å². The van der Waals surface area contributed by atoms with Crippen LogP contribution in [0.3, 0.4) is 0 Å². The number of rotatable bonds is 4. The van der Waals surface area contributed by atoms with Gasteiger partial charge in [-0.05, 0) is 19.9 Å². The molecule has 0 bridgehead atoms. The van der Waals surface area contributed by atoms with Gasteiger partial charge in [-0.25, -0.2) is 0 Å². The van der Waals surface area contributed by atoms with Gasteiger partial charge in [0.2, 0.25) is 0 Å². The Morgan fingerprint density at radius 2 is 2.21 bits per heavy atom. The number of nitro groups is 1. The summed E-state index contributed by atoms with van der Waals surface area (Å²) in [5.74, 6) is 0.741. The molecule has 19 heavy (non-hydrogen) atoms. The lowest BCUT2D eigenvalue weighted by atomic mass is 10.2. The Morgan fingerprint density at radius 3 is 2.74 bits per heavy atom. The number of anilines is 2. The summed E-state index contributed by atoms with van der Waals surface area (Å²) in [5, 5.41) is 17.6. The van der Waals surface area contributed by atoms with Crippen molar-refractivity contribution in [2.24, 2.45) is 0 Å². The molecule has 3 N–H and O–H groups in total. The predicted octanol–water partition coefficient (Wildman–Crippen LogP) is 2.39. The first-order valence-corrected chi connectivity index (χ1v) is 5.68. The Kier molecular flexibility index (Phi) is 3.37. The minimum atomic E-state index is -0.478. The maximum Gasteiger partial charge on any atom is 0.271 e. The summed E-state index contributed by atoms with van der Waals surface area (Å²) in [6.07, 6.45) is 0. The van der Waals surface area contributed by atoms with Crippen molar-refractivity contribution in [3.63, 3.8) is 0 Å². The van der Waals surface area contributed by atoms with Crippen LogP contribution in [0.4, 0.5) is 17.1 Å². The van der Waals surface area contributed by atoms with Crippen molar-refractivity contribution < 1.29 is 9.45 Å². The number of benzene rings is 1. The van der Waals surface area contributed by atoms with E-state index in [9.17, 15) is 10.1 Å².